The lowest BCUT2D eigenvalue weighted by Crippen LogP contribution is -2.35. The molecule has 0 bridgehead atoms. The molecule has 2 aromatic carbocycles. The second kappa shape index (κ2) is 10.1. The molecule has 4 rings (SSSR count). The van der Waals surface area contributed by atoms with Crippen molar-refractivity contribution in [2.45, 2.75) is 12.2 Å². The number of nitrogens with zero attached hydrogens (tertiary/aromatic N) is 5. The van der Waals surface area contributed by atoms with Gasteiger partial charge in [-0.1, -0.05) is 59.2 Å². The highest BCUT2D eigenvalue weighted by Gasteiger charge is 2.41. The van der Waals surface area contributed by atoms with Gasteiger partial charge in [0.05, 0.1) is 5.56 Å². The van der Waals surface area contributed by atoms with Gasteiger partial charge in [0.2, 0.25) is 0 Å². The molecule has 8 nitrogen and oxygen atoms in total. The quantitative estimate of drug-likeness (QED) is 0.167. The van der Waals surface area contributed by atoms with E-state index in [1.807, 2.05) is 0 Å². The lowest BCUT2D eigenvalue weighted by Gasteiger charge is -2.22. The molecule has 0 saturated carbocycles. The number of amides is 2. The van der Waals surface area contributed by atoms with Gasteiger partial charge in [-0.05, 0) is 34.9 Å². The third-order valence-corrected chi connectivity index (χ3v) is 5.60. The summed E-state index contributed by atoms with van der Waals surface area (Å²) in [5.74, 6) is -1.05. The Labute approximate surface area is 207 Å². The Morgan fingerprint density at radius 1 is 1.11 bits per heavy atom. The maximum absolute atomic E-state index is 13.7. The maximum Gasteiger partial charge on any atom is 0.417 e. The molecule has 1 saturated heterocycles. The van der Waals surface area contributed by atoms with Crippen LogP contribution >= 0.6 is 11.6 Å². The number of alkyl halides is 3. The molecule has 0 aliphatic carbocycles. The number of hydrogen-bond acceptors (Lipinski definition) is 5. The van der Waals surface area contributed by atoms with Gasteiger partial charge in [-0.2, -0.15) is 13.2 Å². The van der Waals surface area contributed by atoms with Crippen molar-refractivity contribution >= 4 is 29.2 Å². The number of azide groups is 1. The summed E-state index contributed by atoms with van der Waals surface area (Å²) in [5.41, 5.74) is 8.03. The van der Waals surface area contributed by atoms with Gasteiger partial charge in [0.1, 0.15) is 18.3 Å². The number of hydrogen-bond donors (Lipinski definition) is 0. The second-order valence-electron chi connectivity index (χ2n) is 7.56. The highest BCUT2D eigenvalue weighted by Crippen LogP contribution is 2.36. The van der Waals surface area contributed by atoms with Crippen molar-refractivity contribution in [1.29, 1.82) is 0 Å². The van der Waals surface area contributed by atoms with Crippen molar-refractivity contribution in [3.8, 4) is 0 Å². The van der Waals surface area contributed by atoms with Crippen LogP contribution in [0.15, 0.2) is 83.9 Å². The minimum absolute atomic E-state index is 0.153. The van der Waals surface area contributed by atoms with Crippen molar-refractivity contribution in [1.82, 2.24) is 9.88 Å². The topological polar surface area (TPSA) is 108 Å². The summed E-state index contributed by atoms with van der Waals surface area (Å²) in [4.78, 5) is 33.4. The Morgan fingerprint density at radius 2 is 1.81 bits per heavy atom. The van der Waals surface area contributed by atoms with Crippen LogP contribution in [0.1, 0.15) is 28.3 Å². The highest BCUT2D eigenvalue weighted by atomic mass is 35.5. The van der Waals surface area contributed by atoms with E-state index in [1.54, 1.807) is 30.3 Å². The zero-order valence-electron chi connectivity index (χ0n) is 18.2. The van der Waals surface area contributed by atoms with Gasteiger partial charge in [0, 0.05) is 33.5 Å². The van der Waals surface area contributed by atoms with E-state index in [0.29, 0.717) is 16.8 Å². The van der Waals surface area contributed by atoms with Gasteiger partial charge in [0.15, 0.2) is 0 Å². The van der Waals surface area contributed by atoms with Crippen LogP contribution in [0.4, 0.5) is 18.0 Å². The minimum Gasteiger partial charge on any atom is -0.446 e. The Kier molecular flexibility index (Phi) is 6.96. The highest BCUT2D eigenvalue weighted by molar-refractivity contribution is 6.30. The third kappa shape index (κ3) is 5.02. The molecule has 0 N–H and O–H groups in total. The summed E-state index contributed by atoms with van der Waals surface area (Å²) in [7, 11) is 0. The van der Waals surface area contributed by atoms with E-state index in [2.05, 4.69) is 15.0 Å². The minimum atomic E-state index is -4.73. The van der Waals surface area contributed by atoms with E-state index < -0.39 is 35.5 Å². The molecule has 1 aromatic heterocycles. The number of halogens is 4. The molecule has 2 amide bonds. The molecular formula is C24H15ClF3N5O3. The summed E-state index contributed by atoms with van der Waals surface area (Å²) in [6.07, 6.45) is -4.00. The normalized spacial score (nSPS) is 16.2. The summed E-state index contributed by atoms with van der Waals surface area (Å²) in [5, 5.41) is 3.84. The van der Waals surface area contributed by atoms with Gasteiger partial charge < -0.3 is 4.74 Å². The number of rotatable bonds is 5. The van der Waals surface area contributed by atoms with Crippen molar-refractivity contribution in [2.75, 3.05) is 6.61 Å². The van der Waals surface area contributed by atoms with Crippen molar-refractivity contribution < 1.29 is 27.5 Å². The predicted octanol–water partition coefficient (Wildman–Crippen LogP) is 6.54. The lowest BCUT2D eigenvalue weighted by molar-refractivity contribution is -0.137. The number of ether oxygens (including phenoxy) is 1. The van der Waals surface area contributed by atoms with E-state index in [9.17, 15) is 28.3 Å². The molecule has 1 aliphatic heterocycles. The molecule has 0 spiro atoms. The molecule has 3 aromatic rings. The standard InChI is InChI=1S/C24H15ClF3N5O3/c25-18-8-6-15(7-9-18)20(16-10-17(12-30-11-16)24(26,27)28)21(31-32-29)22(34)33-19(13-36-23(33)35)14-4-2-1-3-5-14/h1-12,19H,13H2/t19-/m1/s1. The Bertz CT molecular complexity index is 1390. The Balaban J connectivity index is 1.95. The first kappa shape index (κ1) is 24.8. The van der Waals surface area contributed by atoms with E-state index in [-0.39, 0.29) is 23.3 Å². The first-order chi connectivity index (χ1) is 17.2. The molecule has 1 aliphatic rings. The molecule has 2 heterocycles. The largest absolute Gasteiger partial charge is 0.446 e. The molecule has 12 heteroatoms. The summed E-state index contributed by atoms with van der Waals surface area (Å²) >= 11 is 5.96. The van der Waals surface area contributed by atoms with Crippen LogP contribution in [-0.2, 0) is 15.7 Å². The first-order valence-corrected chi connectivity index (χ1v) is 10.7. The SMILES string of the molecule is [N-]=[N+]=NC(C(=O)N1C(=O)OC[C@@H]1c1ccccc1)=C(c1ccc(Cl)cc1)c1cncc(C(F)(F)F)c1. The first-order valence-electron chi connectivity index (χ1n) is 10.3. The van der Waals surface area contributed by atoms with Crippen LogP contribution in [0.5, 0.6) is 0 Å². The zero-order valence-corrected chi connectivity index (χ0v) is 18.9. The summed E-state index contributed by atoms with van der Waals surface area (Å²) < 4.78 is 45.4. The fourth-order valence-electron chi connectivity index (χ4n) is 3.71. The Morgan fingerprint density at radius 3 is 2.44 bits per heavy atom. The monoisotopic (exact) mass is 513 g/mol. The van der Waals surface area contributed by atoms with E-state index in [4.69, 9.17) is 16.3 Å². The van der Waals surface area contributed by atoms with Crippen molar-refractivity contribution in [3.63, 3.8) is 0 Å². The number of imide groups is 1. The maximum atomic E-state index is 13.7. The number of benzene rings is 2. The molecular weight excluding hydrogens is 499 g/mol. The van der Waals surface area contributed by atoms with Crippen molar-refractivity contribution in [2.24, 2.45) is 5.11 Å². The van der Waals surface area contributed by atoms with E-state index in [0.717, 1.165) is 17.2 Å². The number of aromatic nitrogens is 1. The molecule has 0 unspecified atom stereocenters. The van der Waals surface area contributed by atoms with Crippen LogP contribution in [0, 0.1) is 0 Å². The molecule has 1 atom stereocenters. The molecule has 182 valence electrons. The van der Waals surface area contributed by atoms with Crippen LogP contribution in [-0.4, -0.2) is 28.5 Å². The van der Waals surface area contributed by atoms with Crippen LogP contribution < -0.4 is 0 Å². The van der Waals surface area contributed by atoms with Gasteiger partial charge in [-0.15, -0.1) is 0 Å². The van der Waals surface area contributed by atoms with Gasteiger partial charge in [-0.3, -0.25) is 9.78 Å². The lowest BCUT2D eigenvalue weighted by atomic mass is 9.95. The molecule has 0 radical (unpaired) electrons. The summed E-state index contributed by atoms with van der Waals surface area (Å²) in [6.45, 7) is -0.153. The second-order valence-corrected chi connectivity index (χ2v) is 7.99. The fraction of sp³-hybridized carbons (Fsp3) is 0.125. The van der Waals surface area contributed by atoms with E-state index in [1.165, 1.54) is 24.3 Å². The molecule has 1 fully saturated rings. The zero-order chi connectivity index (χ0) is 25.9. The van der Waals surface area contributed by atoms with E-state index >= 15 is 0 Å². The van der Waals surface area contributed by atoms with Gasteiger partial charge >= 0.3 is 12.3 Å². The predicted molar refractivity (Wildman–Crippen MR) is 123 cm³/mol. The van der Waals surface area contributed by atoms with Crippen molar-refractivity contribution in [3.05, 3.63) is 116 Å². The Hall–Kier alpha value is -4.34. The van der Waals surface area contributed by atoms with Gasteiger partial charge in [-0.25, -0.2) is 9.69 Å². The van der Waals surface area contributed by atoms with Crippen LogP contribution in [0.3, 0.4) is 0 Å². The number of carbonyl (C=O) groups is 2. The third-order valence-electron chi connectivity index (χ3n) is 5.35. The molecule has 36 heavy (non-hydrogen) atoms. The number of pyridine rings is 1. The van der Waals surface area contributed by atoms with Crippen LogP contribution in [0.2, 0.25) is 5.02 Å². The average Bonchev–Trinajstić information content (AvgIpc) is 3.26. The van der Waals surface area contributed by atoms with Gasteiger partial charge in [0.25, 0.3) is 5.91 Å². The summed E-state index contributed by atoms with van der Waals surface area (Å²) in [6, 6.07) is 14.2. The number of cyclic esters (lactones) is 1. The average molecular weight is 514 g/mol. The fourth-order valence-corrected chi connectivity index (χ4v) is 3.84. The number of carbonyl (C=O) groups excluding carboxylic acids is 2. The smallest absolute Gasteiger partial charge is 0.417 e. The van der Waals surface area contributed by atoms with Crippen LogP contribution in [0.25, 0.3) is 16.0 Å².